The Morgan fingerprint density at radius 1 is 0.578 bits per heavy atom. The highest BCUT2D eigenvalue weighted by Gasteiger charge is 2.34. The van der Waals surface area contributed by atoms with Crippen LogP contribution in [0.4, 0.5) is 11.4 Å². The summed E-state index contributed by atoms with van der Waals surface area (Å²) in [7, 11) is 0. The van der Waals surface area contributed by atoms with Gasteiger partial charge in [0.25, 0.3) is 5.01 Å². The summed E-state index contributed by atoms with van der Waals surface area (Å²) in [6.07, 6.45) is 16.2. The van der Waals surface area contributed by atoms with Gasteiger partial charge in [0.2, 0.25) is 5.52 Å². The zero-order valence-electron chi connectivity index (χ0n) is 47.3. The minimum absolute atomic E-state index is 0. The number of nitrogens with one attached hydrogen (secondary N) is 1. The Hall–Kier alpha value is -8.18. The summed E-state index contributed by atoms with van der Waals surface area (Å²) in [4.78, 5) is 30.3. The van der Waals surface area contributed by atoms with Gasteiger partial charge >= 0.3 is 0 Å². The molecular formula is C73H71N4O4S2-. The fraction of sp³-hybridized carbons (Fsp3) is 0.247. The summed E-state index contributed by atoms with van der Waals surface area (Å²) >= 11 is 3.33. The standard InChI is InChI=1S/C36H32N2O2S2.C32H26N2O2.C4H10.CH4/c1-3-5-19-37-29-17-15-23-11-7-9-13-25(23)35(29)41-31(37)21-27-33(39)28(34(27)40)22-32-38(20-6-4-2)30-18-16-24-12-8-10-14-26(24)36(30)42-32;1-2-3-16-34-27-15-7-11-20-9-5-13-22(30(20)27)28(34)18-24-31(35)23(32(24)36)17-26-21-12-4-8-19-10-6-14-25(33-26)29(19)21;1-3-4-2;/h7-18,21-22H,3-6,19-20H2,1-2H3;4-15,17-18,26,33,35H,2-3,16H2,1H3;3-4H2,1-2H3;1H4/p-1/b;23-17?,28-18+;;. The predicted molar refractivity (Wildman–Crippen MR) is 346 cm³/mol. The summed E-state index contributed by atoms with van der Waals surface area (Å²) in [5.41, 5.74) is 6.73. The van der Waals surface area contributed by atoms with Gasteiger partial charge in [0, 0.05) is 96.9 Å². The third kappa shape index (κ3) is 10.2. The molecule has 420 valence electrons. The van der Waals surface area contributed by atoms with Crippen LogP contribution in [0.25, 0.3) is 76.4 Å². The van der Waals surface area contributed by atoms with E-state index in [-0.39, 0.29) is 58.8 Å². The topological polar surface area (TPSA) is 104 Å². The number of ketones is 2. The number of carbonyl (C=O) groups is 2. The summed E-state index contributed by atoms with van der Waals surface area (Å²) < 4.78 is 5.74. The molecule has 0 saturated carbocycles. The Kier molecular flexibility index (Phi) is 16.6. The molecule has 4 aliphatic rings. The number of thiazole rings is 1. The van der Waals surface area contributed by atoms with Crippen LogP contribution in [0.1, 0.15) is 110 Å². The van der Waals surface area contributed by atoms with Gasteiger partial charge in [-0.05, 0) is 87.8 Å². The molecule has 83 heavy (non-hydrogen) atoms. The molecule has 0 bridgehead atoms. The number of fused-ring (bicyclic) bond motifs is 6. The highest BCUT2D eigenvalue weighted by atomic mass is 32.2. The number of Topliss-reactive ketones (excluding diaryl/α,β-unsaturated/α-hetero) is 2. The van der Waals surface area contributed by atoms with Crippen molar-refractivity contribution in [2.45, 2.75) is 117 Å². The van der Waals surface area contributed by atoms with Crippen LogP contribution in [0, 0.1) is 0 Å². The van der Waals surface area contributed by atoms with Crippen molar-refractivity contribution in [2.75, 3.05) is 16.8 Å². The van der Waals surface area contributed by atoms with Gasteiger partial charge in [-0.3, -0.25) is 9.59 Å². The van der Waals surface area contributed by atoms with Crippen LogP contribution in [-0.2, 0) is 22.7 Å². The first kappa shape index (κ1) is 56.7. The number of hydrogen-bond donors (Lipinski definition) is 1. The molecule has 4 heterocycles. The second-order valence-electron chi connectivity index (χ2n) is 21.7. The Balaban J connectivity index is 0.000000163. The molecule has 0 spiro atoms. The van der Waals surface area contributed by atoms with Gasteiger partial charge in [0.05, 0.1) is 16.8 Å². The van der Waals surface area contributed by atoms with E-state index in [4.69, 9.17) is 0 Å². The average molecular weight is 1130 g/mol. The molecule has 8 nitrogen and oxygen atoms in total. The lowest BCUT2D eigenvalue weighted by molar-refractivity contribution is -0.669. The molecule has 1 atom stereocenters. The molecule has 1 unspecified atom stereocenters. The van der Waals surface area contributed by atoms with E-state index in [1.165, 1.54) is 54.8 Å². The first-order valence-corrected chi connectivity index (χ1v) is 31.0. The van der Waals surface area contributed by atoms with Crippen LogP contribution in [0.5, 0.6) is 0 Å². The van der Waals surface area contributed by atoms with Crippen LogP contribution >= 0.6 is 23.1 Å². The van der Waals surface area contributed by atoms with Crippen molar-refractivity contribution in [3.63, 3.8) is 0 Å². The minimum Gasteiger partial charge on any atom is -0.871 e. The largest absolute Gasteiger partial charge is 0.871 e. The molecule has 0 amide bonds. The second kappa shape index (κ2) is 24.3. The number of carbonyl (C=O) groups excluding carboxylic acids is 2. The molecule has 10 aromatic rings. The van der Waals surface area contributed by atoms with Gasteiger partial charge in [-0.15, -0.1) is 0 Å². The molecule has 2 aliphatic heterocycles. The maximum Gasteiger partial charge on any atom is 0.263 e. The van der Waals surface area contributed by atoms with E-state index in [9.17, 15) is 19.8 Å². The Morgan fingerprint density at radius 3 is 1.90 bits per heavy atom. The number of aryl methyl sites for hydroxylation is 2. The molecule has 8 aromatic carbocycles. The van der Waals surface area contributed by atoms with E-state index in [1.54, 1.807) is 29.2 Å². The lowest BCUT2D eigenvalue weighted by Crippen LogP contribution is -2.36. The highest BCUT2D eigenvalue weighted by Crippen LogP contribution is 2.51. The number of allylic oxidation sites excluding steroid dienone is 5. The van der Waals surface area contributed by atoms with Crippen molar-refractivity contribution >= 4 is 122 Å². The third-order valence-corrected chi connectivity index (χ3v) is 18.7. The van der Waals surface area contributed by atoms with E-state index in [1.807, 2.05) is 42.5 Å². The summed E-state index contributed by atoms with van der Waals surface area (Å²) in [6, 6.07) is 50.2. The Labute approximate surface area is 495 Å². The zero-order chi connectivity index (χ0) is 56.6. The maximum absolute atomic E-state index is 13.5. The smallest absolute Gasteiger partial charge is 0.263 e. The average Bonchev–Trinajstić information content (AvgIpc) is 2.94. The third-order valence-electron chi connectivity index (χ3n) is 16.4. The number of hydrogen-bond acceptors (Lipinski definition) is 8. The monoisotopic (exact) mass is 1130 g/mol. The number of aromatic nitrogens is 2. The molecule has 2 aromatic heterocycles. The lowest BCUT2D eigenvalue weighted by atomic mass is 9.85. The predicted octanol–water partition coefficient (Wildman–Crippen LogP) is 16.1. The van der Waals surface area contributed by atoms with Crippen LogP contribution in [0.3, 0.4) is 0 Å². The molecule has 14 rings (SSSR count). The van der Waals surface area contributed by atoms with Gasteiger partial charge in [0.15, 0.2) is 18.1 Å². The molecule has 1 N–H and O–H groups in total. The first-order valence-electron chi connectivity index (χ1n) is 29.3. The molecule has 0 saturated heterocycles. The Morgan fingerprint density at radius 2 is 1.18 bits per heavy atom. The lowest BCUT2D eigenvalue weighted by Gasteiger charge is -2.29. The number of unbranched alkanes of at least 4 members (excludes halogenated alkanes) is 4. The van der Waals surface area contributed by atoms with Crippen molar-refractivity contribution in [2.24, 2.45) is 0 Å². The van der Waals surface area contributed by atoms with Gasteiger partial charge in [-0.1, -0.05) is 224 Å². The quantitative estimate of drug-likeness (QED) is 0.0854. The minimum atomic E-state index is -0.186. The van der Waals surface area contributed by atoms with Crippen molar-refractivity contribution in [1.82, 2.24) is 4.57 Å². The van der Waals surface area contributed by atoms with Gasteiger partial charge in [0.1, 0.15) is 4.70 Å². The van der Waals surface area contributed by atoms with Crippen molar-refractivity contribution in [1.29, 1.82) is 0 Å². The van der Waals surface area contributed by atoms with Crippen molar-refractivity contribution in [3.05, 3.63) is 213 Å². The fourth-order valence-corrected chi connectivity index (χ4v) is 14.3. The fourth-order valence-electron chi connectivity index (χ4n) is 11.8. The van der Waals surface area contributed by atoms with E-state index in [2.05, 4.69) is 175 Å². The number of nitrogens with zero attached hydrogens (tertiary/aromatic N) is 3. The summed E-state index contributed by atoms with van der Waals surface area (Å²) in [6.45, 7) is 13.5. The van der Waals surface area contributed by atoms with Crippen LogP contribution in [0.2, 0.25) is 0 Å². The summed E-state index contributed by atoms with van der Waals surface area (Å²) in [5, 5.41) is 43.7. The number of thioether (sulfide) groups is 1. The van der Waals surface area contributed by atoms with Crippen LogP contribution < -0.4 is 30.3 Å². The number of rotatable bonds is 14. The molecule has 10 heteroatoms. The molecule has 0 fully saturated rings. The normalized spacial score (nSPS) is 17.0. The van der Waals surface area contributed by atoms with Gasteiger partial charge in [-0.2, -0.15) is 4.57 Å². The van der Waals surface area contributed by atoms with Crippen molar-refractivity contribution in [3.8, 4) is 0 Å². The van der Waals surface area contributed by atoms with Crippen molar-refractivity contribution < 1.29 is 24.4 Å². The molecular weight excluding hydrogens is 1060 g/mol. The van der Waals surface area contributed by atoms with E-state index < -0.39 is 0 Å². The highest BCUT2D eigenvalue weighted by molar-refractivity contribution is 8.04. The molecule has 2 aliphatic carbocycles. The van der Waals surface area contributed by atoms with E-state index in [0.29, 0.717) is 0 Å². The zero-order valence-corrected chi connectivity index (χ0v) is 48.9. The number of anilines is 2. The van der Waals surface area contributed by atoms with Crippen LogP contribution in [0.15, 0.2) is 201 Å². The number of benzene rings is 8. The first-order chi connectivity index (χ1) is 40.2. The van der Waals surface area contributed by atoms with Gasteiger partial charge < -0.3 is 25.0 Å². The Bertz CT molecular complexity index is 4410. The SMILES string of the molecule is C.CCCC.CCCCN1/C(=C/C2=C([O-])C(=C/c3sc4c5ccccc5ccc4[n+]3CCCC)/C2=O)Sc2c1ccc1ccccc21.CCCCn1/c(=C/C2=C([O-])C(=CC3Nc4cccc5cccc3c45)C2=O)c2cccc3cccc1c32. The molecule has 0 radical (unpaired) electrons. The van der Waals surface area contributed by atoms with E-state index in [0.717, 1.165) is 118 Å². The van der Waals surface area contributed by atoms with Gasteiger partial charge in [-0.25, -0.2) is 0 Å². The summed E-state index contributed by atoms with van der Waals surface area (Å²) in [5.74, 6) is -0.658. The van der Waals surface area contributed by atoms with Crippen LogP contribution in [-0.4, -0.2) is 22.7 Å². The maximum atomic E-state index is 13.5. The second-order valence-corrected chi connectivity index (χ2v) is 23.7. The van der Waals surface area contributed by atoms with E-state index >= 15 is 0 Å².